The van der Waals surface area contributed by atoms with E-state index in [9.17, 15) is 0 Å². The molecule has 0 bridgehead atoms. The van der Waals surface area contributed by atoms with E-state index >= 15 is 0 Å². The zero-order chi connectivity index (χ0) is 15.1. The van der Waals surface area contributed by atoms with E-state index in [4.69, 9.17) is 0 Å². The third kappa shape index (κ3) is 5.29. The van der Waals surface area contributed by atoms with Crippen LogP contribution >= 0.6 is 11.3 Å². The molecule has 1 aromatic carbocycles. The number of hydrogen-bond acceptors (Lipinski definition) is 2. The quantitative estimate of drug-likeness (QED) is 0.691. The predicted molar refractivity (Wildman–Crippen MR) is 94.1 cm³/mol. The molecule has 0 fully saturated rings. The van der Waals surface area contributed by atoms with E-state index in [1.54, 1.807) is 0 Å². The molecule has 0 saturated heterocycles. The van der Waals surface area contributed by atoms with Crippen molar-refractivity contribution >= 4 is 11.3 Å². The van der Waals surface area contributed by atoms with Gasteiger partial charge in [-0.1, -0.05) is 43.7 Å². The Kier molecular flexibility index (Phi) is 6.47. The van der Waals surface area contributed by atoms with Crippen LogP contribution in [-0.2, 0) is 12.8 Å². The van der Waals surface area contributed by atoms with Crippen molar-refractivity contribution in [3.05, 3.63) is 57.8 Å². The first-order valence-corrected chi connectivity index (χ1v) is 8.94. The molecule has 0 radical (unpaired) electrons. The first kappa shape index (κ1) is 16.3. The van der Waals surface area contributed by atoms with Crippen LogP contribution in [0.1, 0.15) is 55.7 Å². The van der Waals surface area contributed by atoms with Gasteiger partial charge < -0.3 is 5.32 Å². The summed E-state index contributed by atoms with van der Waals surface area (Å²) in [6.07, 6.45) is 4.86. The normalized spacial score (nSPS) is 14.0. The van der Waals surface area contributed by atoms with Gasteiger partial charge in [-0.15, -0.1) is 11.3 Å². The molecule has 0 amide bonds. The monoisotopic (exact) mass is 301 g/mol. The van der Waals surface area contributed by atoms with Gasteiger partial charge in [-0.2, -0.15) is 0 Å². The molecule has 1 nitrogen and oxygen atoms in total. The summed E-state index contributed by atoms with van der Waals surface area (Å²) >= 11 is 1.84. The zero-order valence-corrected chi connectivity index (χ0v) is 14.2. The maximum absolute atomic E-state index is 3.70. The van der Waals surface area contributed by atoms with Crippen LogP contribution in [0.4, 0.5) is 0 Å². The number of benzene rings is 1. The summed E-state index contributed by atoms with van der Waals surface area (Å²) in [7, 11) is 0. The third-order valence-electron chi connectivity index (χ3n) is 3.92. The molecule has 1 N–H and O–H groups in total. The molecule has 1 aromatic heterocycles. The van der Waals surface area contributed by atoms with E-state index in [1.165, 1.54) is 35.3 Å². The van der Waals surface area contributed by atoms with Crippen molar-refractivity contribution in [2.75, 3.05) is 0 Å². The van der Waals surface area contributed by atoms with Gasteiger partial charge in [0, 0.05) is 17.0 Å². The summed E-state index contributed by atoms with van der Waals surface area (Å²) in [5.74, 6) is 0. The highest BCUT2D eigenvalue weighted by Crippen LogP contribution is 2.17. The molecule has 1 heterocycles. The topological polar surface area (TPSA) is 12.0 Å². The lowest BCUT2D eigenvalue weighted by Gasteiger charge is -2.20. The SMILES string of the molecule is CCCCc1ccc(C(C)NC(C)Cc2cccs2)cc1. The van der Waals surface area contributed by atoms with Crippen LogP contribution in [0.25, 0.3) is 0 Å². The fraction of sp³-hybridized carbons (Fsp3) is 0.474. The van der Waals surface area contributed by atoms with Crippen LogP contribution in [-0.4, -0.2) is 6.04 Å². The molecular formula is C19H27NS. The summed E-state index contributed by atoms with van der Waals surface area (Å²) in [4.78, 5) is 1.46. The van der Waals surface area contributed by atoms with Crippen molar-refractivity contribution in [3.63, 3.8) is 0 Å². The number of unbranched alkanes of at least 4 members (excludes halogenated alkanes) is 1. The average molecular weight is 301 g/mol. The largest absolute Gasteiger partial charge is 0.307 e. The summed E-state index contributed by atoms with van der Waals surface area (Å²) in [6, 6.07) is 14.4. The van der Waals surface area contributed by atoms with Crippen molar-refractivity contribution in [2.45, 2.75) is 58.5 Å². The molecule has 2 atom stereocenters. The van der Waals surface area contributed by atoms with Crippen molar-refractivity contribution in [1.82, 2.24) is 5.32 Å². The van der Waals surface area contributed by atoms with Crippen LogP contribution in [0.2, 0.25) is 0 Å². The lowest BCUT2D eigenvalue weighted by Crippen LogP contribution is -2.30. The fourth-order valence-electron chi connectivity index (χ4n) is 2.67. The predicted octanol–water partition coefficient (Wildman–Crippen LogP) is 5.37. The molecule has 2 rings (SSSR count). The van der Waals surface area contributed by atoms with E-state index < -0.39 is 0 Å². The Morgan fingerprint density at radius 2 is 1.86 bits per heavy atom. The Bertz CT molecular complexity index is 501. The Hall–Kier alpha value is -1.12. The highest BCUT2D eigenvalue weighted by atomic mass is 32.1. The number of hydrogen-bond donors (Lipinski definition) is 1. The molecule has 2 unspecified atom stereocenters. The first-order valence-electron chi connectivity index (χ1n) is 8.06. The Morgan fingerprint density at radius 3 is 2.48 bits per heavy atom. The molecule has 0 aliphatic rings. The highest BCUT2D eigenvalue weighted by Gasteiger charge is 2.10. The molecule has 114 valence electrons. The van der Waals surface area contributed by atoms with E-state index in [0.29, 0.717) is 12.1 Å². The van der Waals surface area contributed by atoms with Gasteiger partial charge >= 0.3 is 0 Å². The van der Waals surface area contributed by atoms with Crippen molar-refractivity contribution in [3.8, 4) is 0 Å². The number of nitrogens with one attached hydrogen (secondary N) is 1. The summed E-state index contributed by atoms with van der Waals surface area (Å²) < 4.78 is 0. The third-order valence-corrected chi connectivity index (χ3v) is 4.82. The van der Waals surface area contributed by atoms with Crippen molar-refractivity contribution in [1.29, 1.82) is 0 Å². The van der Waals surface area contributed by atoms with E-state index in [1.807, 2.05) is 11.3 Å². The van der Waals surface area contributed by atoms with Gasteiger partial charge in [0.05, 0.1) is 0 Å². The zero-order valence-electron chi connectivity index (χ0n) is 13.4. The van der Waals surface area contributed by atoms with Crippen LogP contribution in [0.3, 0.4) is 0 Å². The van der Waals surface area contributed by atoms with Gasteiger partial charge in [0.2, 0.25) is 0 Å². The minimum atomic E-state index is 0.403. The summed E-state index contributed by atoms with van der Waals surface area (Å²) in [6.45, 7) is 6.77. The minimum absolute atomic E-state index is 0.403. The second-order valence-electron chi connectivity index (χ2n) is 5.92. The summed E-state index contributed by atoms with van der Waals surface area (Å²) in [5, 5.41) is 5.86. The number of rotatable bonds is 8. The van der Waals surface area contributed by atoms with E-state index in [0.717, 1.165) is 6.42 Å². The molecule has 2 aromatic rings. The van der Waals surface area contributed by atoms with Gasteiger partial charge in [-0.25, -0.2) is 0 Å². The van der Waals surface area contributed by atoms with Gasteiger partial charge in [-0.05, 0) is 55.7 Å². The number of thiophene rings is 1. The molecule has 21 heavy (non-hydrogen) atoms. The lowest BCUT2D eigenvalue weighted by molar-refractivity contribution is 0.479. The number of aryl methyl sites for hydroxylation is 1. The molecule has 0 aliphatic carbocycles. The first-order chi connectivity index (χ1) is 10.2. The maximum atomic E-state index is 3.70. The van der Waals surface area contributed by atoms with Crippen LogP contribution in [0.15, 0.2) is 41.8 Å². The maximum Gasteiger partial charge on any atom is 0.0294 e. The highest BCUT2D eigenvalue weighted by molar-refractivity contribution is 7.09. The van der Waals surface area contributed by atoms with E-state index in [2.05, 4.69) is 67.9 Å². The molecule has 0 saturated carbocycles. The van der Waals surface area contributed by atoms with E-state index in [-0.39, 0.29) is 0 Å². The van der Waals surface area contributed by atoms with Crippen molar-refractivity contribution < 1.29 is 0 Å². The van der Waals surface area contributed by atoms with Crippen LogP contribution < -0.4 is 5.32 Å². The Morgan fingerprint density at radius 1 is 1.10 bits per heavy atom. The molecule has 0 aliphatic heterocycles. The summed E-state index contributed by atoms with van der Waals surface area (Å²) in [5.41, 5.74) is 2.84. The molecule has 2 heteroatoms. The standard InChI is InChI=1S/C19H27NS/c1-4-5-7-17-9-11-18(12-10-17)16(3)20-15(2)14-19-8-6-13-21-19/h6,8-13,15-16,20H,4-5,7,14H2,1-3H3. The van der Waals surface area contributed by atoms with Gasteiger partial charge in [0.1, 0.15) is 0 Å². The fourth-order valence-corrected chi connectivity index (χ4v) is 3.50. The van der Waals surface area contributed by atoms with Gasteiger partial charge in [0.15, 0.2) is 0 Å². The van der Waals surface area contributed by atoms with Gasteiger partial charge in [0.25, 0.3) is 0 Å². The lowest BCUT2D eigenvalue weighted by atomic mass is 10.0. The smallest absolute Gasteiger partial charge is 0.0294 e. The van der Waals surface area contributed by atoms with Crippen LogP contribution in [0, 0.1) is 0 Å². The minimum Gasteiger partial charge on any atom is -0.307 e. The van der Waals surface area contributed by atoms with Gasteiger partial charge in [-0.3, -0.25) is 0 Å². The Balaban J connectivity index is 1.85. The molecule has 0 spiro atoms. The Labute approximate surface area is 133 Å². The average Bonchev–Trinajstić information content (AvgIpc) is 2.98. The van der Waals surface area contributed by atoms with Crippen molar-refractivity contribution in [2.24, 2.45) is 0 Å². The molecular weight excluding hydrogens is 274 g/mol. The van der Waals surface area contributed by atoms with Crippen LogP contribution in [0.5, 0.6) is 0 Å². The second-order valence-corrected chi connectivity index (χ2v) is 6.95. The second kappa shape index (κ2) is 8.35.